The highest BCUT2D eigenvalue weighted by Gasteiger charge is 2.31. The average Bonchev–Trinajstić information content (AvgIpc) is 3.09. The van der Waals surface area contributed by atoms with Crippen molar-refractivity contribution in [2.75, 3.05) is 6.61 Å². The van der Waals surface area contributed by atoms with Gasteiger partial charge in [-0.1, -0.05) is 55.5 Å². The average molecular weight is 446 g/mol. The fraction of sp³-hybridized carbons (Fsp3) is 0.348. The fourth-order valence-electron chi connectivity index (χ4n) is 3.81. The van der Waals surface area contributed by atoms with Gasteiger partial charge >= 0.3 is 12.1 Å². The standard InChI is InChI=1S/C23H24F2N2O5/c1-2-18(21(28)26-19(22(29)30)11-20(24)25)27-23(31)32-12-17-15-9-5-3-7-13(15)14-8-4-6-10-16(14)17/h3-10,17-20H,2,11-12H2,1H3,(H,26,28)(H,27,31)(H,29,30)/t18-,19?/m0/s1. The van der Waals surface area contributed by atoms with Crippen molar-refractivity contribution in [3.63, 3.8) is 0 Å². The summed E-state index contributed by atoms with van der Waals surface area (Å²) in [6.45, 7) is 1.64. The molecule has 0 bridgehead atoms. The number of carbonyl (C=O) groups is 3. The second-order valence-electron chi connectivity index (χ2n) is 7.46. The van der Waals surface area contributed by atoms with Crippen LogP contribution in [0, 0.1) is 0 Å². The third kappa shape index (κ3) is 5.22. The highest BCUT2D eigenvalue weighted by Crippen LogP contribution is 2.44. The number of fused-ring (bicyclic) bond motifs is 3. The Kier molecular flexibility index (Phi) is 7.40. The molecule has 0 spiro atoms. The Hall–Kier alpha value is -3.49. The van der Waals surface area contributed by atoms with E-state index < -0.39 is 42.9 Å². The molecule has 1 aliphatic rings. The van der Waals surface area contributed by atoms with Crippen LogP contribution >= 0.6 is 0 Å². The van der Waals surface area contributed by atoms with Gasteiger partial charge in [0.2, 0.25) is 12.3 Å². The van der Waals surface area contributed by atoms with E-state index in [0.29, 0.717) is 0 Å². The number of carbonyl (C=O) groups excluding carboxylic acids is 2. The SMILES string of the molecule is CC[C@H](NC(=O)OCC1c2ccccc2-c2ccccc21)C(=O)NC(CC(F)F)C(=O)O. The van der Waals surface area contributed by atoms with E-state index in [1.807, 2.05) is 53.8 Å². The second kappa shape index (κ2) is 10.2. The Morgan fingerprint density at radius 2 is 1.53 bits per heavy atom. The first-order valence-electron chi connectivity index (χ1n) is 10.2. The van der Waals surface area contributed by atoms with Gasteiger partial charge in [0.15, 0.2) is 0 Å². The number of aliphatic carboxylic acids is 1. The van der Waals surface area contributed by atoms with Crippen molar-refractivity contribution in [3.05, 3.63) is 59.7 Å². The summed E-state index contributed by atoms with van der Waals surface area (Å²) < 4.78 is 30.5. The number of alkyl halides is 2. The molecule has 2 amide bonds. The molecule has 0 aliphatic heterocycles. The van der Waals surface area contributed by atoms with Crippen LogP contribution in [0.5, 0.6) is 0 Å². The second-order valence-corrected chi connectivity index (χ2v) is 7.46. The van der Waals surface area contributed by atoms with Crippen LogP contribution < -0.4 is 10.6 Å². The van der Waals surface area contributed by atoms with Crippen molar-refractivity contribution in [1.29, 1.82) is 0 Å². The molecule has 2 aromatic carbocycles. The zero-order chi connectivity index (χ0) is 23.3. The number of benzene rings is 2. The maximum Gasteiger partial charge on any atom is 0.407 e. The maximum atomic E-state index is 12.5. The Balaban J connectivity index is 1.61. The molecule has 0 aromatic heterocycles. The fourth-order valence-corrected chi connectivity index (χ4v) is 3.81. The molecular formula is C23H24F2N2O5. The van der Waals surface area contributed by atoms with Crippen LogP contribution in [0.1, 0.15) is 36.8 Å². The molecule has 2 aromatic rings. The molecule has 0 heterocycles. The minimum atomic E-state index is -2.90. The summed E-state index contributed by atoms with van der Waals surface area (Å²) in [4.78, 5) is 35.7. The Morgan fingerprint density at radius 3 is 2.03 bits per heavy atom. The van der Waals surface area contributed by atoms with Gasteiger partial charge in [-0.25, -0.2) is 18.4 Å². The lowest BCUT2D eigenvalue weighted by atomic mass is 9.98. The van der Waals surface area contributed by atoms with Gasteiger partial charge < -0.3 is 20.5 Å². The summed E-state index contributed by atoms with van der Waals surface area (Å²) >= 11 is 0. The van der Waals surface area contributed by atoms with E-state index in [-0.39, 0.29) is 18.9 Å². The lowest BCUT2D eigenvalue weighted by Crippen LogP contribution is -2.52. The highest BCUT2D eigenvalue weighted by atomic mass is 19.3. The molecule has 3 N–H and O–H groups in total. The largest absolute Gasteiger partial charge is 0.480 e. The number of nitrogens with one attached hydrogen (secondary N) is 2. The minimum absolute atomic E-state index is 0.0427. The normalized spacial score (nSPS) is 14.2. The quantitative estimate of drug-likeness (QED) is 0.547. The number of carboxylic acid groups (broad SMARTS) is 1. The summed E-state index contributed by atoms with van der Waals surface area (Å²) in [7, 11) is 0. The summed E-state index contributed by atoms with van der Waals surface area (Å²) in [6.07, 6.45) is -4.65. The Morgan fingerprint density at radius 1 is 0.969 bits per heavy atom. The smallest absolute Gasteiger partial charge is 0.407 e. The van der Waals surface area contributed by atoms with Crippen molar-refractivity contribution in [3.8, 4) is 11.1 Å². The highest BCUT2D eigenvalue weighted by molar-refractivity contribution is 5.89. The molecule has 0 fully saturated rings. The Labute approximate surface area is 183 Å². The third-order valence-corrected chi connectivity index (χ3v) is 5.39. The molecule has 0 saturated carbocycles. The van der Waals surface area contributed by atoms with Crippen molar-refractivity contribution >= 4 is 18.0 Å². The van der Waals surface area contributed by atoms with E-state index in [4.69, 9.17) is 9.84 Å². The van der Waals surface area contributed by atoms with E-state index in [0.717, 1.165) is 22.3 Å². The third-order valence-electron chi connectivity index (χ3n) is 5.39. The molecule has 0 radical (unpaired) electrons. The molecule has 3 rings (SSSR count). The Bertz CT molecular complexity index is 952. The minimum Gasteiger partial charge on any atom is -0.480 e. The van der Waals surface area contributed by atoms with E-state index in [2.05, 4.69) is 5.32 Å². The van der Waals surface area contributed by atoms with Gasteiger partial charge in [-0.2, -0.15) is 0 Å². The van der Waals surface area contributed by atoms with Gasteiger partial charge in [0, 0.05) is 12.3 Å². The van der Waals surface area contributed by atoms with Gasteiger partial charge in [-0.3, -0.25) is 4.79 Å². The van der Waals surface area contributed by atoms with Crippen molar-refractivity contribution in [2.45, 2.75) is 44.2 Å². The molecule has 2 atom stereocenters. The molecule has 1 aliphatic carbocycles. The molecule has 32 heavy (non-hydrogen) atoms. The van der Waals surface area contributed by atoms with Gasteiger partial charge in [-0.15, -0.1) is 0 Å². The lowest BCUT2D eigenvalue weighted by Gasteiger charge is -2.21. The van der Waals surface area contributed by atoms with Gasteiger partial charge in [0.05, 0.1) is 0 Å². The summed E-state index contributed by atoms with van der Waals surface area (Å²) in [5.41, 5.74) is 4.20. The van der Waals surface area contributed by atoms with Crippen LogP contribution in [-0.2, 0) is 14.3 Å². The number of hydrogen-bond donors (Lipinski definition) is 3. The van der Waals surface area contributed by atoms with E-state index in [1.165, 1.54) is 0 Å². The number of hydrogen-bond acceptors (Lipinski definition) is 4. The van der Waals surface area contributed by atoms with Gasteiger partial charge in [0.1, 0.15) is 18.7 Å². The molecular weight excluding hydrogens is 422 g/mol. The monoisotopic (exact) mass is 446 g/mol. The first-order valence-corrected chi connectivity index (χ1v) is 10.2. The zero-order valence-electron chi connectivity index (χ0n) is 17.4. The van der Waals surface area contributed by atoms with E-state index in [1.54, 1.807) is 6.92 Å². The predicted octanol–water partition coefficient (Wildman–Crippen LogP) is 3.53. The number of rotatable bonds is 9. The zero-order valence-corrected chi connectivity index (χ0v) is 17.4. The van der Waals surface area contributed by atoms with Crippen LogP contribution in [0.15, 0.2) is 48.5 Å². The summed E-state index contributed by atoms with van der Waals surface area (Å²) in [5, 5.41) is 13.4. The number of alkyl carbamates (subject to hydrolysis) is 1. The summed E-state index contributed by atoms with van der Waals surface area (Å²) in [5.74, 6) is -2.60. The molecule has 7 nitrogen and oxygen atoms in total. The van der Waals surface area contributed by atoms with E-state index >= 15 is 0 Å². The first kappa shape index (κ1) is 23.2. The summed E-state index contributed by atoms with van der Waals surface area (Å²) in [6, 6.07) is 12.8. The number of ether oxygens (including phenoxy) is 1. The number of amides is 2. The molecule has 1 unspecified atom stereocenters. The van der Waals surface area contributed by atoms with Gasteiger partial charge in [0.25, 0.3) is 0 Å². The van der Waals surface area contributed by atoms with Crippen molar-refractivity contribution in [2.24, 2.45) is 0 Å². The molecule has 0 saturated heterocycles. The van der Waals surface area contributed by atoms with E-state index in [9.17, 15) is 23.2 Å². The molecule has 170 valence electrons. The van der Waals surface area contributed by atoms with Crippen molar-refractivity contribution < 1.29 is 33.0 Å². The maximum absolute atomic E-state index is 12.5. The van der Waals surface area contributed by atoms with Crippen LogP contribution in [0.3, 0.4) is 0 Å². The predicted molar refractivity (Wildman–Crippen MR) is 112 cm³/mol. The van der Waals surface area contributed by atoms with Crippen molar-refractivity contribution in [1.82, 2.24) is 10.6 Å². The molecule has 9 heteroatoms. The topological polar surface area (TPSA) is 105 Å². The number of halogens is 2. The van der Waals surface area contributed by atoms with Crippen LogP contribution in [0.25, 0.3) is 11.1 Å². The number of carboxylic acids is 1. The van der Waals surface area contributed by atoms with Crippen LogP contribution in [-0.4, -0.2) is 48.2 Å². The lowest BCUT2D eigenvalue weighted by molar-refractivity contribution is -0.143. The van der Waals surface area contributed by atoms with Crippen LogP contribution in [0.2, 0.25) is 0 Å². The van der Waals surface area contributed by atoms with Gasteiger partial charge in [-0.05, 0) is 28.7 Å². The first-order chi connectivity index (χ1) is 15.3. The van der Waals surface area contributed by atoms with Crippen LogP contribution in [0.4, 0.5) is 13.6 Å².